The molecule has 1 atom stereocenters. The lowest BCUT2D eigenvalue weighted by atomic mass is 9.75. The number of allylic oxidation sites excluding steroid dienone is 6. The van der Waals surface area contributed by atoms with Gasteiger partial charge in [-0.3, -0.25) is 0 Å². The molecule has 1 aliphatic carbocycles. The van der Waals surface area contributed by atoms with Gasteiger partial charge in [-0.05, 0) is 75.3 Å². The molecule has 1 N–H and O–H groups in total. The topological polar surface area (TPSA) is 21.3 Å². The van der Waals surface area contributed by atoms with Crippen LogP contribution < -0.4 is 5.32 Å². The summed E-state index contributed by atoms with van der Waals surface area (Å²) in [5.41, 5.74) is 14.5. The van der Waals surface area contributed by atoms with Crippen LogP contribution in [0.15, 0.2) is 78.4 Å². The quantitative estimate of drug-likeness (QED) is 0.282. The Labute approximate surface area is 220 Å². The average molecular weight is 490 g/mol. The molecule has 1 unspecified atom stereocenters. The molecule has 2 nitrogen and oxygen atoms in total. The maximum absolute atomic E-state index is 4.80. The van der Waals surface area contributed by atoms with Gasteiger partial charge < -0.3 is 10.1 Å². The van der Waals surface area contributed by atoms with Crippen LogP contribution in [0.1, 0.15) is 67.4 Å². The smallest absolute Gasteiger partial charge is 0.0614 e. The van der Waals surface area contributed by atoms with Crippen molar-refractivity contribution in [3.05, 3.63) is 112 Å². The summed E-state index contributed by atoms with van der Waals surface area (Å²) in [7, 11) is 1.69. The van der Waals surface area contributed by atoms with E-state index in [0.717, 1.165) is 31.6 Å². The Morgan fingerprint density at radius 1 is 1.09 bits per heavy atom. The standard InChI is InChI=1S/C27H30.C5H11NOS.H2/c1-17(2)26-16-20(5)10-13-25(26)27(23-11-8-18(3)14-21(23)6)24-12-9-19(4)15-22(24)7;1-7-4-2-3-6-5-8;/h8-13,15-16,27H,1,3,14H2,2,4-7H3;5H,2-4H2,1H3,(H,6,8);1H. The highest BCUT2D eigenvalue weighted by Gasteiger charge is 2.25. The lowest BCUT2D eigenvalue weighted by molar-refractivity contribution is 0.196. The third-order valence-corrected chi connectivity index (χ3v) is 6.43. The summed E-state index contributed by atoms with van der Waals surface area (Å²) in [4.78, 5) is 0. The Morgan fingerprint density at radius 3 is 2.31 bits per heavy atom. The van der Waals surface area contributed by atoms with Gasteiger partial charge in [-0.2, -0.15) is 0 Å². The first-order valence-electron chi connectivity index (χ1n) is 12.2. The Balaban J connectivity index is 0.000000625. The molecule has 0 amide bonds. The summed E-state index contributed by atoms with van der Waals surface area (Å²) in [6, 6.07) is 13.6. The van der Waals surface area contributed by atoms with E-state index >= 15 is 0 Å². The summed E-state index contributed by atoms with van der Waals surface area (Å²) >= 11 is 4.52. The van der Waals surface area contributed by atoms with Gasteiger partial charge in [-0.25, -0.2) is 0 Å². The Hall–Kier alpha value is -2.75. The highest BCUT2D eigenvalue weighted by molar-refractivity contribution is 7.78. The zero-order chi connectivity index (χ0) is 26.0. The first kappa shape index (κ1) is 28.5. The Bertz CT molecular complexity index is 1130. The van der Waals surface area contributed by atoms with Crippen molar-refractivity contribution in [2.75, 3.05) is 20.3 Å². The highest BCUT2D eigenvalue weighted by atomic mass is 32.1. The summed E-state index contributed by atoms with van der Waals surface area (Å²) in [6.07, 6.45) is 6.41. The molecule has 188 valence electrons. The van der Waals surface area contributed by atoms with Crippen molar-refractivity contribution in [1.82, 2.24) is 5.32 Å². The van der Waals surface area contributed by atoms with Crippen molar-refractivity contribution in [3.63, 3.8) is 0 Å². The van der Waals surface area contributed by atoms with Crippen LogP contribution in [0.25, 0.3) is 5.57 Å². The molecule has 35 heavy (non-hydrogen) atoms. The van der Waals surface area contributed by atoms with Crippen molar-refractivity contribution < 1.29 is 6.16 Å². The van der Waals surface area contributed by atoms with E-state index in [1.807, 2.05) is 0 Å². The number of ether oxygens (including phenoxy) is 1. The van der Waals surface area contributed by atoms with Gasteiger partial charge in [0.1, 0.15) is 0 Å². The number of methoxy groups -OCH3 is 1. The number of benzene rings is 2. The summed E-state index contributed by atoms with van der Waals surface area (Å²) in [6.45, 7) is 21.0. The van der Waals surface area contributed by atoms with E-state index in [-0.39, 0.29) is 7.34 Å². The molecule has 0 saturated carbocycles. The van der Waals surface area contributed by atoms with Crippen molar-refractivity contribution in [3.8, 4) is 0 Å². The SMILES string of the molecule is C=C1C=CC(C(c2ccc(C)cc2C)c2ccc(C)cc2C(=C)C)=C(C)C1.COCCCNC=S.[HH]. The van der Waals surface area contributed by atoms with Crippen LogP contribution in [-0.2, 0) is 4.74 Å². The van der Waals surface area contributed by atoms with Gasteiger partial charge in [0.05, 0.1) is 5.49 Å². The fourth-order valence-electron chi connectivity index (χ4n) is 4.52. The van der Waals surface area contributed by atoms with Gasteiger partial charge in [-0.15, -0.1) is 0 Å². The predicted octanol–water partition coefficient (Wildman–Crippen LogP) is 8.43. The number of nitrogens with one attached hydrogen (secondary N) is 1. The van der Waals surface area contributed by atoms with Crippen LogP contribution in [0.2, 0.25) is 0 Å². The van der Waals surface area contributed by atoms with E-state index < -0.39 is 0 Å². The minimum atomic E-state index is 0. The van der Waals surface area contributed by atoms with Crippen LogP contribution in [0.3, 0.4) is 0 Å². The molecule has 3 rings (SSSR count). The zero-order valence-corrected chi connectivity index (χ0v) is 23.1. The monoisotopic (exact) mass is 489 g/mol. The number of rotatable bonds is 9. The minimum Gasteiger partial charge on any atom is -0.385 e. The lowest BCUT2D eigenvalue weighted by Gasteiger charge is -2.28. The molecule has 1 aliphatic rings. The molecule has 0 radical (unpaired) electrons. The van der Waals surface area contributed by atoms with Gasteiger partial charge in [0, 0.05) is 27.6 Å². The summed E-state index contributed by atoms with van der Waals surface area (Å²) < 4.78 is 4.80. The second-order valence-corrected chi connectivity index (χ2v) is 9.72. The lowest BCUT2D eigenvalue weighted by Crippen LogP contribution is -2.12. The Morgan fingerprint density at radius 2 is 1.74 bits per heavy atom. The number of hydrogen-bond acceptors (Lipinski definition) is 2. The number of thiocarbonyl (C=S) groups is 1. The minimum absolute atomic E-state index is 0. The van der Waals surface area contributed by atoms with E-state index in [0.29, 0.717) is 0 Å². The first-order chi connectivity index (χ1) is 16.7. The molecule has 0 heterocycles. The summed E-state index contributed by atoms with van der Waals surface area (Å²) in [5, 5.41) is 2.89. The predicted molar refractivity (Wildman–Crippen MR) is 160 cm³/mol. The largest absolute Gasteiger partial charge is 0.385 e. The highest BCUT2D eigenvalue weighted by Crippen LogP contribution is 2.42. The van der Waals surface area contributed by atoms with E-state index in [2.05, 4.69) is 114 Å². The van der Waals surface area contributed by atoms with Crippen LogP contribution in [-0.4, -0.2) is 25.8 Å². The molecule has 2 aromatic rings. The molecule has 3 heteroatoms. The Kier molecular flexibility index (Phi) is 11.4. The van der Waals surface area contributed by atoms with Crippen LogP contribution in [0, 0.1) is 20.8 Å². The van der Waals surface area contributed by atoms with Crippen molar-refractivity contribution in [2.24, 2.45) is 0 Å². The van der Waals surface area contributed by atoms with E-state index in [1.165, 1.54) is 55.6 Å². The molecule has 0 aliphatic heterocycles. The molecule has 0 spiro atoms. The fraction of sp³-hybridized carbons (Fsp3) is 0.344. The summed E-state index contributed by atoms with van der Waals surface area (Å²) in [5.74, 6) is 0.210. The fourth-order valence-corrected chi connectivity index (χ4v) is 4.63. The van der Waals surface area contributed by atoms with E-state index in [1.54, 1.807) is 7.11 Å². The molecule has 0 saturated heterocycles. The van der Waals surface area contributed by atoms with Gasteiger partial charge in [0.15, 0.2) is 0 Å². The average Bonchev–Trinajstić information content (AvgIpc) is 2.80. The first-order valence-corrected chi connectivity index (χ1v) is 12.7. The molecule has 0 bridgehead atoms. The second kappa shape index (κ2) is 14.0. The second-order valence-electron chi connectivity index (χ2n) is 9.49. The molecule has 0 aromatic heterocycles. The van der Waals surface area contributed by atoms with Gasteiger partial charge in [-0.1, -0.05) is 102 Å². The zero-order valence-electron chi connectivity index (χ0n) is 22.3. The number of aryl methyl sites for hydroxylation is 3. The van der Waals surface area contributed by atoms with Crippen molar-refractivity contribution in [2.45, 2.75) is 53.4 Å². The van der Waals surface area contributed by atoms with E-state index in [4.69, 9.17) is 4.74 Å². The van der Waals surface area contributed by atoms with Crippen molar-refractivity contribution >= 4 is 23.3 Å². The maximum atomic E-state index is 4.80. The normalized spacial score (nSPS) is 13.7. The van der Waals surface area contributed by atoms with Crippen LogP contribution in [0.5, 0.6) is 0 Å². The van der Waals surface area contributed by atoms with Crippen LogP contribution in [0.4, 0.5) is 0 Å². The molecular formula is C32H43NOS. The van der Waals surface area contributed by atoms with Gasteiger partial charge >= 0.3 is 0 Å². The molecule has 2 aromatic carbocycles. The molecular weight excluding hydrogens is 446 g/mol. The van der Waals surface area contributed by atoms with E-state index in [9.17, 15) is 0 Å². The van der Waals surface area contributed by atoms with Crippen molar-refractivity contribution in [1.29, 1.82) is 0 Å². The maximum Gasteiger partial charge on any atom is 0.0614 e. The van der Waals surface area contributed by atoms with Gasteiger partial charge in [0.25, 0.3) is 0 Å². The van der Waals surface area contributed by atoms with Gasteiger partial charge in [0.2, 0.25) is 0 Å². The third-order valence-electron chi connectivity index (χ3n) is 6.26. The number of hydrogen-bond donors (Lipinski definition) is 1. The van der Waals surface area contributed by atoms with Crippen LogP contribution >= 0.6 is 12.2 Å². The molecule has 0 fully saturated rings. The third kappa shape index (κ3) is 8.16.